The van der Waals surface area contributed by atoms with Crippen LogP contribution in [-0.4, -0.2) is 34.1 Å². The molecule has 0 aromatic carbocycles. The van der Waals surface area contributed by atoms with Gasteiger partial charge >= 0.3 is 0 Å². The molecule has 0 aliphatic heterocycles. The standard InChI is InChI=1S/C9H9N3O2S2/c13-3-1-10-7(14)6-5-16-9(12-6)8-11-2-4-15-8/h2,4-5,13H,1,3H2,(H,10,14). The van der Waals surface area contributed by atoms with Gasteiger partial charge in [0.2, 0.25) is 0 Å². The summed E-state index contributed by atoms with van der Waals surface area (Å²) in [5, 5.41) is 16.2. The lowest BCUT2D eigenvalue weighted by Gasteiger charge is -1.98. The van der Waals surface area contributed by atoms with Crippen LogP contribution in [0.1, 0.15) is 10.5 Å². The Labute approximate surface area is 99.8 Å². The number of carbonyl (C=O) groups is 1. The van der Waals surface area contributed by atoms with Crippen molar-refractivity contribution in [3.63, 3.8) is 0 Å². The molecule has 0 atom stereocenters. The Hall–Kier alpha value is -1.31. The van der Waals surface area contributed by atoms with Gasteiger partial charge in [-0.3, -0.25) is 4.79 Å². The number of hydrogen-bond acceptors (Lipinski definition) is 6. The zero-order valence-corrected chi connectivity index (χ0v) is 9.85. The van der Waals surface area contributed by atoms with Crippen LogP contribution in [0.4, 0.5) is 0 Å². The maximum Gasteiger partial charge on any atom is 0.270 e. The van der Waals surface area contributed by atoms with Gasteiger partial charge in [0.25, 0.3) is 5.91 Å². The first kappa shape index (κ1) is 11.2. The Bertz CT molecular complexity index is 467. The first-order valence-electron chi connectivity index (χ1n) is 4.55. The van der Waals surface area contributed by atoms with Crippen LogP contribution in [-0.2, 0) is 0 Å². The highest BCUT2D eigenvalue weighted by atomic mass is 32.1. The van der Waals surface area contributed by atoms with E-state index in [0.717, 1.165) is 10.0 Å². The van der Waals surface area contributed by atoms with E-state index in [0.29, 0.717) is 5.69 Å². The summed E-state index contributed by atoms with van der Waals surface area (Å²) in [6, 6.07) is 0. The normalized spacial score (nSPS) is 10.3. The predicted octanol–water partition coefficient (Wildman–Crippen LogP) is 0.989. The third-order valence-corrected chi connectivity index (χ3v) is 3.51. The monoisotopic (exact) mass is 255 g/mol. The highest BCUT2D eigenvalue weighted by Gasteiger charge is 2.12. The number of nitrogens with one attached hydrogen (secondary N) is 1. The largest absolute Gasteiger partial charge is 0.395 e. The number of aliphatic hydroxyl groups is 1. The van der Waals surface area contributed by atoms with E-state index >= 15 is 0 Å². The fraction of sp³-hybridized carbons (Fsp3) is 0.222. The molecular weight excluding hydrogens is 246 g/mol. The van der Waals surface area contributed by atoms with E-state index in [4.69, 9.17) is 5.11 Å². The Morgan fingerprint density at radius 1 is 1.44 bits per heavy atom. The number of aliphatic hydroxyl groups excluding tert-OH is 1. The third-order valence-electron chi connectivity index (χ3n) is 1.75. The van der Waals surface area contributed by atoms with E-state index in [1.165, 1.54) is 22.7 Å². The molecule has 0 saturated carbocycles. The van der Waals surface area contributed by atoms with Crippen LogP contribution in [0.25, 0.3) is 10.0 Å². The molecule has 1 amide bonds. The lowest BCUT2D eigenvalue weighted by Crippen LogP contribution is -2.26. The van der Waals surface area contributed by atoms with Gasteiger partial charge in [-0.05, 0) is 0 Å². The van der Waals surface area contributed by atoms with Gasteiger partial charge < -0.3 is 10.4 Å². The summed E-state index contributed by atoms with van der Waals surface area (Å²) in [6.07, 6.45) is 1.70. The highest BCUT2D eigenvalue weighted by molar-refractivity contribution is 7.19. The number of aromatic nitrogens is 2. The van der Waals surface area contributed by atoms with Crippen molar-refractivity contribution in [2.45, 2.75) is 0 Å². The van der Waals surface area contributed by atoms with E-state index in [9.17, 15) is 4.79 Å². The molecule has 2 aromatic rings. The molecule has 0 radical (unpaired) electrons. The molecule has 0 bridgehead atoms. The molecule has 0 unspecified atom stereocenters. The first-order valence-corrected chi connectivity index (χ1v) is 6.31. The van der Waals surface area contributed by atoms with Gasteiger partial charge in [-0.2, -0.15) is 0 Å². The molecule has 2 rings (SSSR count). The molecule has 0 saturated heterocycles. The van der Waals surface area contributed by atoms with Crippen LogP contribution in [0.3, 0.4) is 0 Å². The molecule has 5 nitrogen and oxygen atoms in total. The summed E-state index contributed by atoms with van der Waals surface area (Å²) in [4.78, 5) is 19.8. The number of thiazole rings is 2. The van der Waals surface area contributed by atoms with Gasteiger partial charge in [0.1, 0.15) is 5.69 Å². The zero-order valence-electron chi connectivity index (χ0n) is 8.21. The van der Waals surface area contributed by atoms with Crippen LogP contribution >= 0.6 is 22.7 Å². The Balaban J connectivity index is 2.11. The average molecular weight is 255 g/mol. The van der Waals surface area contributed by atoms with Gasteiger partial charge in [0.15, 0.2) is 10.0 Å². The lowest BCUT2D eigenvalue weighted by molar-refractivity contribution is 0.0940. The molecule has 2 aromatic heterocycles. The van der Waals surface area contributed by atoms with E-state index in [1.807, 2.05) is 5.38 Å². The molecule has 0 aliphatic rings. The summed E-state index contributed by atoms with van der Waals surface area (Å²) in [5.74, 6) is -0.270. The van der Waals surface area contributed by atoms with Crippen LogP contribution in [0.5, 0.6) is 0 Å². The van der Waals surface area contributed by atoms with Crippen molar-refractivity contribution in [3.8, 4) is 10.0 Å². The number of hydrogen-bond donors (Lipinski definition) is 2. The maximum absolute atomic E-state index is 11.5. The van der Waals surface area contributed by atoms with Gasteiger partial charge in [0, 0.05) is 23.5 Å². The first-order chi connectivity index (χ1) is 7.81. The third kappa shape index (κ3) is 2.43. The predicted molar refractivity (Wildman–Crippen MR) is 62.6 cm³/mol. The fourth-order valence-corrected chi connectivity index (χ4v) is 2.56. The second-order valence-electron chi connectivity index (χ2n) is 2.85. The molecule has 2 N–H and O–H groups in total. The molecule has 0 spiro atoms. The molecule has 84 valence electrons. The zero-order chi connectivity index (χ0) is 11.4. The number of carbonyl (C=O) groups excluding carboxylic acids is 1. The summed E-state index contributed by atoms with van der Waals surface area (Å²) >= 11 is 2.87. The van der Waals surface area contributed by atoms with Gasteiger partial charge in [0.05, 0.1) is 6.61 Å². The van der Waals surface area contributed by atoms with E-state index in [-0.39, 0.29) is 19.1 Å². The number of rotatable bonds is 4. The summed E-state index contributed by atoms with van der Waals surface area (Å²) in [5.41, 5.74) is 0.364. The van der Waals surface area contributed by atoms with E-state index in [1.54, 1.807) is 11.6 Å². The molecule has 0 aliphatic carbocycles. The smallest absolute Gasteiger partial charge is 0.270 e. The quantitative estimate of drug-likeness (QED) is 0.854. The molecule has 7 heteroatoms. The minimum atomic E-state index is -0.270. The fourth-order valence-electron chi connectivity index (χ4n) is 1.07. The van der Waals surface area contributed by atoms with Crippen molar-refractivity contribution in [1.82, 2.24) is 15.3 Å². The van der Waals surface area contributed by atoms with Crippen LogP contribution in [0.15, 0.2) is 17.0 Å². The molecular formula is C9H9N3O2S2. The topological polar surface area (TPSA) is 75.1 Å². The molecule has 16 heavy (non-hydrogen) atoms. The second kappa shape index (κ2) is 5.15. The SMILES string of the molecule is O=C(NCCO)c1csc(-c2nccs2)n1. The van der Waals surface area contributed by atoms with Crippen molar-refractivity contribution in [2.24, 2.45) is 0 Å². The van der Waals surface area contributed by atoms with Crippen LogP contribution < -0.4 is 5.32 Å². The van der Waals surface area contributed by atoms with Crippen LogP contribution in [0.2, 0.25) is 0 Å². The van der Waals surface area contributed by atoms with Crippen molar-refractivity contribution in [3.05, 3.63) is 22.7 Å². The van der Waals surface area contributed by atoms with E-state index in [2.05, 4.69) is 15.3 Å². The van der Waals surface area contributed by atoms with Gasteiger partial charge in [-0.15, -0.1) is 22.7 Å². The Morgan fingerprint density at radius 3 is 3.00 bits per heavy atom. The minimum absolute atomic E-state index is 0.0742. The van der Waals surface area contributed by atoms with Crippen molar-refractivity contribution in [1.29, 1.82) is 0 Å². The molecule has 0 fully saturated rings. The van der Waals surface area contributed by atoms with Gasteiger partial charge in [-0.25, -0.2) is 9.97 Å². The van der Waals surface area contributed by atoms with Crippen LogP contribution in [0, 0.1) is 0 Å². The highest BCUT2D eigenvalue weighted by Crippen LogP contribution is 2.25. The summed E-state index contributed by atoms with van der Waals surface area (Å²) < 4.78 is 0. The van der Waals surface area contributed by atoms with E-state index < -0.39 is 0 Å². The van der Waals surface area contributed by atoms with Crippen molar-refractivity contribution >= 4 is 28.6 Å². The number of amides is 1. The Morgan fingerprint density at radius 2 is 2.31 bits per heavy atom. The minimum Gasteiger partial charge on any atom is -0.395 e. The average Bonchev–Trinajstić information content (AvgIpc) is 2.94. The summed E-state index contributed by atoms with van der Waals surface area (Å²) in [7, 11) is 0. The second-order valence-corrected chi connectivity index (χ2v) is 4.61. The maximum atomic E-state index is 11.5. The molecule has 2 heterocycles. The van der Waals surface area contributed by atoms with Crippen molar-refractivity contribution in [2.75, 3.05) is 13.2 Å². The lowest BCUT2D eigenvalue weighted by atomic mass is 10.4. The number of nitrogens with zero attached hydrogens (tertiary/aromatic N) is 2. The Kier molecular flexibility index (Phi) is 3.60. The van der Waals surface area contributed by atoms with Crippen molar-refractivity contribution < 1.29 is 9.90 Å². The van der Waals surface area contributed by atoms with Gasteiger partial charge in [-0.1, -0.05) is 0 Å². The summed E-state index contributed by atoms with van der Waals surface area (Å²) in [6.45, 7) is 0.165.